The van der Waals surface area contributed by atoms with Crippen molar-refractivity contribution in [3.05, 3.63) is 34.3 Å². The van der Waals surface area contributed by atoms with Gasteiger partial charge in [-0.1, -0.05) is 28.1 Å². The summed E-state index contributed by atoms with van der Waals surface area (Å²) >= 11 is 3.32. The van der Waals surface area contributed by atoms with E-state index in [1.165, 1.54) is 0 Å². The average Bonchev–Trinajstić information content (AvgIpc) is 1.86. The molecule has 2 heteroatoms. The van der Waals surface area contributed by atoms with Gasteiger partial charge in [0.2, 0.25) is 0 Å². The Labute approximate surface area is 75.2 Å². The van der Waals surface area contributed by atoms with Gasteiger partial charge in [0.1, 0.15) is 5.60 Å². The van der Waals surface area contributed by atoms with Gasteiger partial charge in [-0.25, -0.2) is 5.11 Å². The van der Waals surface area contributed by atoms with Gasteiger partial charge in [-0.3, -0.25) is 0 Å². The van der Waals surface area contributed by atoms with Gasteiger partial charge in [0.05, 0.1) is 0 Å². The third-order valence-corrected chi connectivity index (χ3v) is 2.01. The summed E-state index contributed by atoms with van der Waals surface area (Å²) in [7, 11) is 0. The summed E-state index contributed by atoms with van der Waals surface area (Å²) in [5, 5.41) is 11.4. The minimum Gasteiger partial charge on any atom is -0.225 e. The molecule has 0 saturated heterocycles. The normalized spacial score (nSPS) is 11.6. The predicted octanol–water partition coefficient (Wildman–Crippen LogP) is 3.11. The summed E-state index contributed by atoms with van der Waals surface area (Å²) in [5.74, 6) is 0. The van der Waals surface area contributed by atoms with Crippen molar-refractivity contribution in [1.29, 1.82) is 0 Å². The molecule has 0 spiro atoms. The Morgan fingerprint density at radius 1 is 1.36 bits per heavy atom. The molecule has 0 saturated carbocycles. The molecule has 0 aliphatic carbocycles. The topological polar surface area (TPSA) is 19.9 Å². The first-order chi connectivity index (χ1) is 5.00. The highest BCUT2D eigenvalue weighted by Crippen LogP contribution is 2.22. The van der Waals surface area contributed by atoms with Crippen LogP contribution in [0.2, 0.25) is 0 Å². The number of rotatable bonds is 1. The molecule has 0 heterocycles. The van der Waals surface area contributed by atoms with Crippen LogP contribution >= 0.6 is 15.9 Å². The average molecular weight is 214 g/mol. The van der Waals surface area contributed by atoms with Gasteiger partial charge in [0, 0.05) is 4.47 Å². The van der Waals surface area contributed by atoms with Crippen molar-refractivity contribution in [2.75, 3.05) is 0 Å². The molecule has 0 fully saturated rings. The summed E-state index contributed by atoms with van der Waals surface area (Å²) in [5.41, 5.74) is -0.184. The Kier molecular flexibility index (Phi) is 2.35. The minimum atomic E-state index is -0.996. The molecule has 0 aliphatic rings. The summed E-state index contributed by atoms with van der Waals surface area (Å²) < 4.78 is 0.957. The van der Waals surface area contributed by atoms with Crippen LogP contribution in [-0.4, -0.2) is 0 Å². The standard InChI is InChI=1S/C9H10BrO/c1-9(2,11)7-4-3-5-8(10)6-7/h3-6H,1-2H3. The molecule has 0 atom stereocenters. The fourth-order valence-corrected chi connectivity index (χ4v) is 1.26. The molecule has 1 nitrogen and oxygen atoms in total. The zero-order valence-corrected chi connectivity index (χ0v) is 8.18. The zero-order valence-electron chi connectivity index (χ0n) is 6.60. The quantitative estimate of drug-likeness (QED) is 0.684. The van der Waals surface area contributed by atoms with E-state index in [9.17, 15) is 5.11 Å². The molecule has 0 aromatic heterocycles. The number of hydrogen-bond acceptors (Lipinski definition) is 0. The summed E-state index contributed by atoms with van der Waals surface area (Å²) in [6.07, 6.45) is 0. The highest BCUT2D eigenvalue weighted by molar-refractivity contribution is 9.10. The van der Waals surface area contributed by atoms with Crippen molar-refractivity contribution in [3.8, 4) is 0 Å². The lowest BCUT2D eigenvalue weighted by Gasteiger charge is -2.14. The smallest absolute Gasteiger partial charge is 0.123 e. The highest BCUT2D eigenvalue weighted by Gasteiger charge is 2.17. The van der Waals surface area contributed by atoms with Gasteiger partial charge >= 0.3 is 0 Å². The van der Waals surface area contributed by atoms with E-state index in [1.54, 1.807) is 13.8 Å². The highest BCUT2D eigenvalue weighted by atomic mass is 79.9. The number of benzene rings is 1. The fraction of sp³-hybridized carbons (Fsp3) is 0.333. The van der Waals surface area contributed by atoms with Crippen molar-refractivity contribution >= 4 is 15.9 Å². The Hall–Kier alpha value is -0.340. The van der Waals surface area contributed by atoms with E-state index in [4.69, 9.17) is 0 Å². The zero-order chi connectivity index (χ0) is 8.48. The molecule has 1 radical (unpaired) electrons. The monoisotopic (exact) mass is 213 g/mol. The number of hydrogen-bond donors (Lipinski definition) is 0. The lowest BCUT2D eigenvalue weighted by Crippen LogP contribution is -2.12. The summed E-state index contributed by atoms with van der Waals surface area (Å²) in [6, 6.07) is 7.49. The van der Waals surface area contributed by atoms with E-state index in [1.807, 2.05) is 24.3 Å². The van der Waals surface area contributed by atoms with Crippen molar-refractivity contribution < 1.29 is 5.11 Å². The first-order valence-electron chi connectivity index (χ1n) is 3.46. The molecule has 0 amide bonds. The Morgan fingerprint density at radius 3 is 2.36 bits per heavy atom. The Bertz CT molecular complexity index is 250. The molecule has 1 aromatic rings. The van der Waals surface area contributed by atoms with Crippen LogP contribution in [0.4, 0.5) is 0 Å². The largest absolute Gasteiger partial charge is 0.225 e. The molecule has 0 bridgehead atoms. The first kappa shape index (κ1) is 8.75. The second-order valence-electron chi connectivity index (χ2n) is 3.02. The van der Waals surface area contributed by atoms with Gasteiger partial charge in [-0.2, -0.15) is 0 Å². The van der Waals surface area contributed by atoms with Crippen LogP contribution in [0.3, 0.4) is 0 Å². The van der Waals surface area contributed by atoms with Crippen molar-refractivity contribution in [1.82, 2.24) is 0 Å². The van der Waals surface area contributed by atoms with E-state index >= 15 is 0 Å². The maximum atomic E-state index is 11.4. The van der Waals surface area contributed by atoms with Gasteiger partial charge in [-0.05, 0) is 31.5 Å². The van der Waals surface area contributed by atoms with Crippen LogP contribution in [0, 0.1) is 0 Å². The summed E-state index contributed by atoms with van der Waals surface area (Å²) in [6.45, 7) is 3.32. The molecular formula is C9H10BrO. The molecule has 59 valence electrons. The van der Waals surface area contributed by atoms with E-state index in [-0.39, 0.29) is 0 Å². The lowest BCUT2D eigenvalue weighted by atomic mass is 9.99. The minimum absolute atomic E-state index is 0.812. The van der Waals surface area contributed by atoms with E-state index in [0.717, 1.165) is 10.0 Å². The van der Waals surface area contributed by atoms with Crippen LogP contribution < -0.4 is 0 Å². The third-order valence-electron chi connectivity index (χ3n) is 1.52. The third kappa shape index (κ3) is 2.31. The molecular weight excluding hydrogens is 204 g/mol. The van der Waals surface area contributed by atoms with Gasteiger partial charge in [0.25, 0.3) is 0 Å². The predicted molar refractivity (Wildman–Crippen MR) is 47.9 cm³/mol. The van der Waals surface area contributed by atoms with Crippen LogP contribution in [0.1, 0.15) is 19.4 Å². The first-order valence-corrected chi connectivity index (χ1v) is 4.26. The van der Waals surface area contributed by atoms with Crippen LogP contribution in [0.15, 0.2) is 28.7 Å². The van der Waals surface area contributed by atoms with E-state index in [0.29, 0.717) is 0 Å². The maximum Gasteiger partial charge on any atom is 0.123 e. The second kappa shape index (κ2) is 2.95. The van der Waals surface area contributed by atoms with Gasteiger partial charge < -0.3 is 0 Å². The van der Waals surface area contributed by atoms with Gasteiger partial charge in [-0.15, -0.1) is 0 Å². The molecule has 0 aliphatic heterocycles. The summed E-state index contributed by atoms with van der Waals surface area (Å²) in [4.78, 5) is 0. The Morgan fingerprint density at radius 2 is 2.00 bits per heavy atom. The Balaban J connectivity index is 3.06. The molecule has 0 unspecified atom stereocenters. The van der Waals surface area contributed by atoms with Gasteiger partial charge in [0.15, 0.2) is 0 Å². The molecule has 11 heavy (non-hydrogen) atoms. The molecule has 1 rings (SSSR count). The molecule has 1 aromatic carbocycles. The maximum absolute atomic E-state index is 11.4. The van der Waals surface area contributed by atoms with Crippen molar-refractivity contribution in [3.63, 3.8) is 0 Å². The SMILES string of the molecule is CC(C)([O])c1cccc(Br)c1. The van der Waals surface area contributed by atoms with Crippen LogP contribution in [0.25, 0.3) is 0 Å². The van der Waals surface area contributed by atoms with E-state index < -0.39 is 5.60 Å². The van der Waals surface area contributed by atoms with E-state index in [2.05, 4.69) is 15.9 Å². The fourth-order valence-electron chi connectivity index (χ4n) is 0.863. The van der Waals surface area contributed by atoms with Crippen molar-refractivity contribution in [2.24, 2.45) is 0 Å². The van der Waals surface area contributed by atoms with Crippen molar-refractivity contribution in [2.45, 2.75) is 19.4 Å². The second-order valence-corrected chi connectivity index (χ2v) is 3.94. The number of halogens is 1. The van der Waals surface area contributed by atoms with Crippen LogP contribution in [0.5, 0.6) is 0 Å². The lowest BCUT2D eigenvalue weighted by molar-refractivity contribution is -0.000147. The van der Waals surface area contributed by atoms with Crippen LogP contribution in [-0.2, 0) is 10.7 Å². The molecule has 0 N–H and O–H groups in total.